The molecule has 0 saturated heterocycles. The van der Waals surface area contributed by atoms with Crippen LogP contribution in [0.1, 0.15) is 38.8 Å². The van der Waals surface area contributed by atoms with Gasteiger partial charge in [0.25, 0.3) is 0 Å². The zero-order valence-corrected chi connectivity index (χ0v) is 12.4. The second kappa shape index (κ2) is 6.06. The van der Waals surface area contributed by atoms with Crippen LogP contribution in [-0.2, 0) is 11.2 Å². The average molecular weight is 264 g/mol. The highest BCUT2D eigenvalue weighted by atomic mass is 16.6. The lowest BCUT2D eigenvalue weighted by atomic mass is 10.0. The summed E-state index contributed by atoms with van der Waals surface area (Å²) in [5.74, 6) is 0. The van der Waals surface area contributed by atoms with Crippen LogP contribution in [0.15, 0.2) is 18.2 Å². The molecule has 4 nitrogen and oxygen atoms in total. The first-order valence-electron chi connectivity index (χ1n) is 6.52. The minimum Gasteiger partial charge on any atom is -0.444 e. The Hall–Kier alpha value is -1.55. The van der Waals surface area contributed by atoms with Crippen LogP contribution < -0.4 is 11.1 Å². The number of anilines is 1. The largest absolute Gasteiger partial charge is 0.444 e. The summed E-state index contributed by atoms with van der Waals surface area (Å²) in [6.07, 6.45) is 0.344. The smallest absolute Gasteiger partial charge is 0.412 e. The molecule has 0 radical (unpaired) electrons. The van der Waals surface area contributed by atoms with Gasteiger partial charge in [0, 0.05) is 11.7 Å². The van der Waals surface area contributed by atoms with Gasteiger partial charge in [0.15, 0.2) is 0 Å². The predicted octanol–water partition coefficient (Wildman–Crippen LogP) is 3.23. The fraction of sp³-hybridized carbons (Fsp3) is 0.533. The van der Waals surface area contributed by atoms with Gasteiger partial charge in [-0.15, -0.1) is 0 Å². The molecule has 19 heavy (non-hydrogen) atoms. The number of ether oxygens (including phenoxy) is 1. The maximum absolute atomic E-state index is 11.8. The minimum absolute atomic E-state index is 0.0945. The van der Waals surface area contributed by atoms with Crippen LogP contribution in [0.5, 0.6) is 0 Å². The molecule has 0 bridgehead atoms. The maximum Gasteiger partial charge on any atom is 0.412 e. The summed E-state index contributed by atoms with van der Waals surface area (Å²) in [5.41, 5.74) is 8.16. The number of benzene rings is 1. The van der Waals surface area contributed by atoms with Crippen molar-refractivity contribution in [2.24, 2.45) is 5.73 Å². The van der Waals surface area contributed by atoms with Crippen molar-refractivity contribution in [2.75, 3.05) is 5.32 Å². The number of nitrogens with two attached hydrogens (primary N) is 1. The molecule has 0 aromatic heterocycles. The van der Waals surface area contributed by atoms with Crippen LogP contribution in [0, 0.1) is 6.92 Å². The van der Waals surface area contributed by atoms with Gasteiger partial charge in [-0.3, -0.25) is 5.32 Å². The van der Waals surface area contributed by atoms with Crippen molar-refractivity contribution in [2.45, 2.75) is 52.7 Å². The predicted molar refractivity (Wildman–Crippen MR) is 78.4 cm³/mol. The molecular weight excluding hydrogens is 240 g/mol. The Morgan fingerprint density at radius 3 is 2.58 bits per heavy atom. The number of hydrogen-bond donors (Lipinski definition) is 2. The van der Waals surface area contributed by atoms with Crippen molar-refractivity contribution in [3.63, 3.8) is 0 Å². The first-order chi connectivity index (χ1) is 8.67. The molecule has 0 fully saturated rings. The molecule has 0 aliphatic heterocycles. The van der Waals surface area contributed by atoms with Crippen LogP contribution in [0.4, 0.5) is 10.5 Å². The van der Waals surface area contributed by atoms with E-state index in [1.807, 2.05) is 52.8 Å². The Morgan fingerprint density at radius 1 is 1.42 bits per heavy atom. The molecule has 1 rings (SSSR count). The third-order valence-corrected chi connectivity index (χ3v) is 2.50. The van der Waals surface area contributed by atoms with Crippen LogP contribution in [0.2, 0.25) is 0 Å². The van der Waals surface area contributed by atoms with Crippen LogP contribution in [-0.4, -0.2) is 17.7 Å². The molecule has 0 aliphatic carbocycles. The first-order valence-corrected chi connectivity index (χ1v) is 6.52. The number of nitrogens with one attached hydrogen (secondary N) is 1. The van der Waals surface area contributed by atoms with Gasteiger partial charge in [-0.05, 0) is 58.2 Å². The van der Waals surface area contributed by atoms with E-state index < -0.39 is 11.7 Å². The summed E-state index contributed by atoms with van der Waals surface area (Å²) in [6, 6.07) is 6.04. The van der Waals surface area contributed by atoms with Crippen molar-refractivity contribution in [3.05, 3.63) is 29.3 Å². The SMILES string of the molecule is Cc1ccc(C[C@H](C)N)cc1NC(=O)OC(C)(C)C. The first kappa shape index (κ1) is 15.5. The molecule has 4 heteroatoms. The van der Waals surface area contributed by atoms with E-state index in [2.05, 4.69) is 5.32 Å². The van der Waals surface area contributed by atoms with Crippen molar-refractivity contribution >= 4 is 11.8 Å². The molecule has 1 aromatic rings. The van der Waals surface area contributed by atoms with Gasteiger partial charge in [0.05, 0.1) is 0 Å². The van der Waals surface area contributed by atoms with Gasteiger partial charge in [-0.1, -0.05) is 12.1 Å². The summed E-state index contributed by atoms with van der Waals surface area (Å²) in [4.78, 5) is 11.8. The Labute approximate surface area is 115 Å². The zero-order valence-electron chi connectivity index (χ0n) is 12.4. The number of aryl methyl sites for hydroxylation is 1. The van der Waals surface area contributed by atoms with E-state index in [4.69, 9.17) is 10.5 Å². The van der Waals surface area contributed by atoms with Gasteiger partial charge in [-0.2, -0.15) is 0 Å². The third-order valence-electron chi connectivity index (χ3n) is 2.50. The molecule has 0 unspecified atom stereocenters. The topological polar surface area (TPSA) is 64.3 Å². The van der Waals surface area contributed by atoms with E-state index >= 15 is 0 Å². The Morgan fingerprint density at radius 2 is 2.05 bits per heavy atom. The van der Waals surface area contributed by atoms with Crippen molar-refractivity contribution < 1.29 is 9.53 Å². The Kier molecular flexibility index (Phi) is 4.95. The molecule has 106 valence electrons. The van der Waals surface area contributed by atoms with Gasteiger partial charge in [0.2, 0.25) is 0 Å². The monoisotopic (exact) mass is 264 g/mol. The van der Waals surface area contributed by atoms with E-state index in [-0.39, 0.29) is 6.04 Å². The van der Waals surface area contributed by atoms with E-state index in [0.717, 1.165) is 23.2 Å². The minimum atomic E-state index is -0.499. The number of amides is 1. The van der Waals surface area contributed by atoms with Gasteiger partial charge < -0.3 is 10.5 Å². The van der Waals surface area contributed by atoms with E-state index in [9.17, 15) is 4.79 Å². The lowest BCUT2D eigenvalue weighted by Gasteiger charge is -2.20. The van der Waals surface area contributed by atoms with E-state index in [0.29, 0.717) is 0 Å². The zero-order chi connectivity index (χ0) is 14.6. The molecule has 1 aromatic carbocycles. The van der Waals surface area contributed by atoms with Crippen LogP contribution in [0.3, 0.4) is 0 Å². The summed E-state index contributed by atoms with van der Waals surface area (Å²) < 4.78 is 5.24. The molecule has 0 spiro atoms. The second-order valence-electron chi connectivity index (χ2n) is 5.96. The molecule has 0 aliphatic rings. The standard InChI is InChI=1S/C15H24N2O2/c1-10-6-7-12(8-11(2)16)9-13(10)17-14(18)19-15(3,4)5/h6-7,9,11H,8,16H2,1-5H3,(H,17,18)/t11-/m0/s1. The summed E-state index contributed by atoms with van der Waals surface area (Å²) in [7, 11) is 0. The quantitative estimate of drug-likeness (QED) is 0.881. The van der Waals surface area contributed by atoms with Gasteiger partial charge in [-0.25, -0.2) is 4.79 Å². The highest BCUT2D eigenvalue weighted by molar-refractivity contribution is 5.86. The maximum atomic E-state index is 11.8. The van der Waals surface area contributed by atoms with E-state index in [1.165, 1.54) is 0 Å². The highest BCUT2D eigenvalue weighted by Gasteiger charge is 2.16. The van der Waals surface area contributed by atoms with E-state index in [1.54, 1.807) is 0 Å². The number of carbonyl (C=O) groups is 1. The summed E-state index contributed by atoms with van der Waals surface area (Å²) in [6.45, 7) is 9.42. The fourth-order valence-electron chi connectivity index (χ4n) is 1.72. The number of hydrogen-bond acceptors (Lipinski definition) is 3. The summed E-state index contributed by atoms with van der Waals surface area (Å²) in [5, 5.41) is 2.78. The third kappa shape index (κ3) is 5.75. The van der Waals surface area contributed by atoms with Crippen molar-refractivity contribution in [3.8, 4) is 0 Å². The molecular formula is C15H24N2O2. The average Bonchev–Trinajstić information content (AvgIpc) is 2.19. The van der Waals surface area contributed by atoms with Gasteiger partial charge in [0.1, 0.15) is 5.60 Å². The summed E-state index contributed by atoms with van der Waals surface area (Å²) >= 11 is 0. The number of carbonyl (C=O) groups excluding carboxylic acids is 1. The van der Waals surface area contributed by atoms with Gasteiger partial charge >= 0.3 is 6.09 Å². The lowest BCUT2D eigenvalue weighted by molar-refractivity contribution is 0.0636. The lowest BCUT2D eigenvalue weighted by Crippen LogP contribution is -2.27. The molecule has 1 amide bonds. The number of rotatable bonds is 3. The molecule has 1 atom stereocenters. The molecule has 3 N–H and O–H groups in total. The second-order valence-corrected chi connectivity index (χ2v) is 5.96. The highest BCUT2D eigenvalue weighted by Crippen LogP contribution is 2.19. The Bertz CT molecular complexity index is 448. The Balaban J connectivity index is 2.79. The molecule has 0 heterocycles. The molecule has 0 saturated carbocycles. The fourth-order valence-corrected chi connectivity index (χ4v) is 1.72. The van der Waals surface area contributed by atoms with Crippen LogP contribution >= 0.6 is 0 Å². The normalized spacial score (nSPS) is 12.9. The van der Waals surface area contributed by atoms with Crippen molar-refractivity contribution in [1.82, 2.24) is 0 Å². The van der Waals surface area contributed by atoms with Crippen molar-refractivity contribution in [1.29, 1.82) is 0 Å². The van der Waals surface area contributed by atoms with Crippen LogP contribution in [0.25, 0.3) is 0 Å².